The molecule has 21 heavy (non-hydrogen) atoms. The Hall–Kier alpha value is -1.75. The molecule has 1 rings (SSSR count). The van der Waals surface area contributed by atoms with Crippen LogP contribution < -0.4 is 10.5 Å². The first kappa shape index (κ1) is 17.3. The Morgan fingerprint density at radius 2 is 2.10 bits per heavy atom. The van der Waals surface area contributed by atoms with E-state index in [1.165, 1.54) is 26.4 Å². The zero-order valence-corrected chi connectivity index (χ0v) is 12.4. The van der Waals surface area contributed by atoms with E-state index in [0.717, 1.165) is 6.07 Å². The van der Waals surface area contributed by atoms with Gasteiger partial charge < -0.3 is 15.2 Å². The van der Waals surface area contributed by atoms with Crippen LogP contribution in [-0.4, -0.2) is 46.8 Å². The lowest BCUT2D eigenvalue weighted by atomic mass is 10.3. The van der Waals surface area contributed by atoms with E-state index in [4.69, 9.17) is 15.2 Å². The van der Waals surface area contributed by atoms with Crippen LogP contribution in [0.3, 0.4) is 0 Å². The van der Waals surface area contributed by atoms with Gasteiger partial charge in [-0.05, 0) is 12.1 Å². The van der Waals surface area contributed by atoms with Crippen LogP contribution in [0.4, 0.5) is 11.4 Å². The van der Waals surface area contributed by atoms with E-state index in [0.29, 0.717) is 0 Å². The van der Waals surface area contributed by atoms with Crippen molar-refractivity contribution in [2.45, 2.75) is 11.0 Å². The molecular weight excluding hydrogens is 302 g/mol. The highest BCUT2D eigenvalue weighted by Crippen LogP contribution is 2.24. The summed E-state index contributed by atoms with van der Waals surface area (Å²) in [7, 11) is -1.02. The van der Waals surface area contributed by atoms with Crippen molar-refractivity contribution in [3.8, 4) is 0 Å². The molecule has 0 fully saturated rings. The zero-order chi connectivity index (χ0) is 16.0. The monoisotopic (exact) mass is 319 g/mol. The van der Waals surface area contributed by atoms with Crippen LogP contribution in [0.15, 0.2) is 23.1 Å². The number of nitro benzene ring substituents is 1. The topological polar surface area (TPSA) is 134 Å². The van der Waals surface area contributed by atoms with Gasteiger partial charge in [-0.3, -0.25) is 10.1 Å². The first-order valence-corrected chi connectivity index (χ1v) is 7.35. The molecule has 9 nitrogen and oxygen atoms in total. The Kier molecular flexibility index (Phi) is 6.03. The molecule has 1 unspecified atom stereocenters. The summed E-state index contributed by atoms with van der Waals surface area (Å²) in [5.74, 6) is 0. The highest BCUT2D eigenvalue weighted by Gasteiger charge is 2.21. The van der Waals surface area contributed by atoms with Gasteiger partial charge in [0, 0.05) is 26.8 Å². The molecule has 1 aromatic rings. The molecule has 118 valence electrons. The van der Waals surface area contributed by atoms with E-state index in [2.05, 4.69) is 4.72 Å². The molecule has 0 aliphatic heterocycles. The van der Waals surface area contributed by atoms with E-state index < -0.39 is 26.7 Å². The summed E-state index contributed by atoms with van der Waals surface area (Å²) in [6, 6.07) is 3.29. The summed E-state index contributed by atoms with van der Waals surface area (Å²) in [4.78, 5) is 9.79. The van der Waals surface area contributed by atoms with Crippen LogP contribution in [0, 0.1) is 10.1 Å². The number of rotatable bonds is 8. The second kappa shape index (κ2) is 7.31. The highest BCUT2D eigenvalue weighted by molar-refractivity contribution is 7.89. The lowest BCUT2D eigenvalue weighted by molar-refractivity contribution is -0.384. The van der Waals surface area contributed by atoms with Gasteiger partial charge in [0.05, 0.1) is 22.5 Å². The smallest absolute Gasteiger partial charge is 0.293 e. The second-order valence-electron chi connectivity index (χ2n) is 4.14. The van der Waals surface area contributed by atoms with Gasteiger partial charge in [-0.2, -0.15) is 0 Å². The Labute approximate surface area is 122 Å². The fraction of sp³-hybridized carbons (Fsp3) is 0.455. The molecule has 0 aromatic heterocycles. The molecule has 0 heterocycles. The molecule has 0 aliphatic carbocycles. The molecule has 1 atom stereocenters. The maximum atomic E-state index is 12.1. The van der Waals surface area contributed by atoms with Crippen molar-refractivity contribution < 1.29 is 22.8 Å². The number of benzene rings is 1. The van der Waals surface area contributed by atoms with Crippen molar-refractivity contribution in [1.29, 1.82) is 0 Å². The summed E-state index contributed by atoms with van der Waals surface area (Å²) < 4.78 is 36.3. The third kappa shape index (κ3) is 4.63. The maximum absolute atomic E-state index is 12.1. The van der Waals surface area contributed by atoms with E-state index >= 15 is 0 Å². The first-order valence-electron chi connectivity index (χ1n) is 5.87. The Bertz CT molecular complexity index is 604. The summed E-state index contributed by atoms with van der Waals surface area (Å²) in [6.07, 6.45) is -0.464. The molecule has 0 spiro atoms. The van der Waals surface area contributed by atoms with Crippen LogP contribution >= 0.6 is 0 Å². The lowest BCUT2D eigenvalue weighted by Gasteiger charge is -2.15. The average Bonchev–Trinajstić information content (AvgIpc) is 2.43. The van der Waals surface area contributed by atoms with Crippen molar-refractivity contribution in [3.63, 3.8) is 0 Å². The average molecular weight is 319 g/mol. The number of nitrogens with zero attached hydrogens (tertiary/aromatic N) is 1. The number of hydrogen-bond donors (Lipinski definition) is 2. The molecule has 1 aromatic carbocycles. The maximum Gasteiger partial charge on any atom is 0.293 e. The van der Waals surface area contributed by atoms with Gasteiger partial charge in [0.25, 0.3) is 5.69 Å². The SMILES string of the molecule is COCC(CNS(=O)(=O)c1ccc(N)c([N+](=O)[O-])c1)OC. The van der Waals surface area contributed by atoms with Gasteiger partial charge >= 0.3 is 0 Å². The third-order valence-corrected chi connectivity index (χ3v) is 4.12. The zero-order valence-electron chi connectivity index (χ0n) is 11.6. The van der Waals surface area contributed by atoms with Crippen LogP contribution in [-0.2, 0) is 19.5 Å². The summed E-state index contributed by atoms with van der Waals surface area (Å²) >= 11 is 0. The van der Waals surface area contributed by atoms with Gasteiger partial charge in [0.15, 0.2) is 0 Å². The summed E-state index contributed by atoms with van der Waals surface area (Å²) in [5.41, 5.74) is 4.86. The van der Waals surface area contributed by atoms with E-state index in [9.17, 15) is 18.5 Å². The van der Waals surface area contributed by atoms with Crippen molar-refractivity contribution >= 4 is 21.4 Å². The molecule has 0 radical (unpaired) electrons. The number of hydrogen-bond acceptors (Lipinski definition) is 7. The molecular formula is C11H17N3O6S. The fourth-order valence-corrected chi connectivity index (χ4v) is 2.62. The van der Waals surface area contributed by atoms with Crippen molar-refractivity contribution in [2.24, 2.45) is 0 Å². The molecule has 0 saturated heterocycles. The van der Waals surface area contributed by atoms with Gasteiger partial charge in [0.2, 0.25) is 10.0 Å². The van der Waals surface area contributed by atoms with Gasteiger partial charge in [-0.15, -0.1) is 0 Å². The molecule has 0 amide bonds. The quantitative estimate of drug-likeness (QED) is 0.395. The predicted octanol–water partition coefficient (Wildman–Crippen LogP) is 0.117. The van der Waals surface area contributed by atoms with Crippen molar-refractivity contribution in [1.82, 2.24) is 4.72 Å². The van der Waals surface area contributed by atoms with Gasteiger partial charge in [0.1, 0.15) is 5.69 Å². The molecule has 0 bridgehead atoms. The number of ether oxygens (including phenoxy) is 2. The number of nitrogens with one attached hydrogen (secondary N) is 1. The molecule has 0 aliphatic rings. The summed E-state index contributed by atoms with van der Waals surface area (Å²) in [6.45, 7) is 0.186. The van der Waals surface area contributed by atoms with Gasteiger partial charge in [-0.25, -0.2) is 13.1 Å². The van der Waals surface area contributed by atoms with Crippen LogP contribution in [0.5, 0.6) is 0 Å². The first-order chi connectivity index (χ1) is 9.81. The second-order valence-corrected chi connectivity index (χ2v) is 5.91. The van der Waals surface area contributed by atoms with E-state index in [1.54, 1.807) is 0 Å². The van der Waals surface area contributed by atoms with E-state index in [-0.39, 0.29) is 23.7 Å². The largest absolute Gasteiger partial charge is 0.393 e. The molecule has 0 saturated carbocycles. The number of sulfonamides is 1. The minimum Gasteiger partial charge on any atom is -0.393 e. The van der Waals surface area contributed by atoms with Crippen molar-refractivity contribution in [3.05, 3.63) is 28.3 Å². The third-order valence-electron chi connectivity index (χ3n) is 2.70. The summed E-state index contributed by atoms with van der Waals surface area (Å²) in [5, 5.41) is 10.8. The highest BCUT2D eigenvalue weighted by atomic mass is 32.2. The Morgan fingerprint density at radius 1 is 1.43 bits per heavy atom. The minimum atomic E-state index is -3.90. The fourth-order valence-electron chi connectivity index (χ4n) is 1.53. The molecule has 10 heteroatoms. The number of methoxy groups -OCH3 is 2. The van der Waals surface area contributed by atoms with Crippen LogP contribution in [0.25, 0.3) is 0 Å². The Balaban J connectivity index is 2.93. The minimum absolute atomic E-state index is 0.0230. The van der Waals surface area contributed by atoms with Crippen molar-refractivity contribution in [2.75, 3.05) is 33.1 Å². The van der Waals surface area contributed by atoms with Gasteiger partial charge in [-0.1, -0.05) is 0 Å². The van der Waals surface area contributed by atoms with Crippen LogP contribution in [0.2, 0.25) is 0 Å². The number of nitrogens with two attached hydrogens (primary N) is 1. The normalized spacial score (nSPS) is 13.0. The molecule has 3 N–H and O–H groups in total. The number of nitrogen functional groups attached to an aromatic ring is 1. The Morgan fingerprint density at radius 3 is 2.62 bits per heavy atom. The van der Waals surface area contributed by atoms with E-state index in [1.807, 2.05) is 0 Å². The standard InChI is InChI=1S/C11H17N3O6S/c1-19-7-8(20-2)6-13-21(17,18)9-3-4-10(12)11(5-9)14(15)16/h3-5,8,13H,6-7,12H2,1-2H3. The van der Waals surface area contributed by atoms with Crippen LogP contribution in [0.1, 0.15) is 0 Å². The predicted molar refractivity (Wildman–Crippen MR) is 75.4 cm³/mol. The number of anilines is 1. The lowest BCUT2D eigenvalue weighted by Crippen LogP contribution is -2.35. The number of nitro groups is 1.